The van der Waals surface area contributed by atoms with E-state index in [1.165, 1.54) is 0 Å². The van der Waals surface area contributed by atoms with Crippen molar-refractivity contribution in [3.63, 3.8) is 0 Å². The Morgan fingerprint density at radius 3 is 2.86 bits per heavy atom. The highest BCUT2D eigenvalue weighted by atomic mass is 32.2. The first-order valence-electron chi connectivity index (χ1n) is 6.53. The van der Waals surface area contributed by atoms with Crippen molar-refractivity contribution in [2.24, 2.45) is 0 Å². The molecule has 0 aromatic heterocycles. The van der Waals surface area contributed by atoms with Crippen LogP contribution in [0.2, 0.25) is 0 Å². The Balaban J connectivity index is 1.89. The minimum Gasteiger partial charge on any atom is -0.496 e. The summed E-state index contributed by atoms with van der Waals surface area (Å²) in [5, 5.41) is 0. The maximum absolute atomic E-state index is 12.4. The maximum atomic E-state index is 12.4. The van der Waals surface area contributed by atoms with E-state index in [1.54, 1.807) is 37.1 Å². The van der Waals surface area contributed by atoms with Crippen molar-refractivity contribution < 1.29 is 14.3 Å². The second-order valence-electron chi connectivity index (χ2n) is 4.51. The third kappa shape index (κ3) is 2.95. The van der Waals surface area contributed by atoms with Crippen LogP contribution >= 0.6 is 11.8 Å². The van der Waals surface area contributed by atoms with Gasteiger partial charge < -0.3 is 9.47 Å². The van der Waals surface area contributed by atoms with Crippen molar-refractivity contribution in [1.29, 1.82) is 0 Å². The highest BCUT2D eigenvalue weighted by Crippen LogP contribution is 2.40. The minimum absolute atomic E-state index is 0.0778. The summed E-state index contributed by atoms with van der Waals surface area (Å²) in [6, 6.07) is 13.3. The largest absolute Gasteiger partial charge is 0.496 e. The molecule has 0 spiro atoms. The van der Waals surface area contributed by atoms with Crippen LogP contribution in [0, 0.1) is 0 Å². The van der Waals surface area contributed by atoms with Crippen molar-refractivity contribution in [3.8, 4) is 11.5 Å². The van der Waals surface area contributed by atoms with Crippen molar-refractivity contribution >= 4 is 23.6 Å². The van der Waals surface area contributed by atoms with Gasteiger partial charge in [0, 0.05) is 6.07 Å². The van der Waals surface area contributed by atoms with E-state index in [4.69, 9.17) is 9.47 Å². The summed E-state index contributed by atoms with van der Waals surface area (Å²) in [5.41, 5.74) is 1.55. The van der Waals surface area contributed by atoms with Crippen LogP contribution in [0.1, 0.15) is 15.9 Å². The molecule has 0 radical (unpaired) electrons. The van der Waals surface area contributed by atoms with E-state index in [9.17, 15) is 4.79 Å². The molecule has 0 fully saturated rings. The molecule has 106 valence electrons. The van der Waals surface area contributed by atoms with Crippen LogP contribution in [-0.2, 0) is 0 Å². The zero-order chi connectivity index (χ0) is 14.7. The molecule has 0 bridgehead atoms. The molecule has 0 N–H and O–H groups in total. The van der Waals surface area contributed by atoms with Gasteiger partial charge in [0.2, 0.25) is 0 Å². The van der Waals surface area contributed by atoms with E-state index < -0.39 is 0 Å². The third-order valence-corrected chi connectivity index (χ3v) is 4.05. The van der Waals surface area contributed by atoms with Crippen molar-refractivity contribution in [2.45, 2.75) is 4.90 Å². The topological polar surface area (TPSA) is 35.5 Å². The zero-order valence-corrected chi connectivity index (χ0v) is 12.4. The summed E-state index contributed by atoms with van der Waals surface area (Å²) in [6.07, 6.45) is 3.37. The van der Waals surface area contributed by atoms with Gasteiger partial charge in [0.1, 0.15) is 17.4 Å². The third-order valence-electron chi connectivity index (χ3n) is 3.19. The number of hydrogen-bond acceptors (Lipinski definition) is 4. The minimum atomic E-state index is -0.0778. The average Bonchev–Trinajstić information content (AvgIpc) is 2.99. The number of ketones is 1. The molecule has 2 aromatic rings. The SMILES string of the molecule is COc1cc2c(cc1C(=O)C=Cc1ccccc1)SCO2. The van der Waals surface area contributed by atoms with Crippen molar-refractivity contribution in [2.75, 3.05) is 13.0 Å². The van der Waals surface area contributed by atoms with Gasteiger partial charge in [-0.25, -0.2) is 0 Å². The molecule has 1 heterocycles. The van der Waals surface area contributed by atoms with E-state index in [0.717, 1.165) is 16.2 Å². The van der Waals surface area contributed by atoms with Crippen LogP contribution in [-0.4, -0.2) is 18.8 Å². The highest BCUT2D eigenvalue weighted by Gasteiger charge is 2.19. The first kappa shape index (κ1) is 13.8. The van der Waals surface area contributed by atoms with Gasteiger partial charge in [-0.15, -0.1) is 0 Å². The van der Waals surface area contributed by atoms with Crippen molar-refractivity contribution in [3.05, 3.63) is 59.7 Å². The first-order chi connectivity index (χ1) is 10.3. The fraction of sp³-hybridized carbons (Fsp3) is 0.118. The number of fused-ring (bicyclic) bond motifs is 1. The molecule has 0 amide bonds. The maximum Gasteiger partial charge on any atom is 0.189 e. The van der Waals surface area contributed by atoms with Gasteiger partial charge in [0.25, 0.3) is 0 Å². The molecule has 0 saturated carbocycles. The van der Waals surface area contributed by atoms with E-state index in [1.807, 2.05) is 36.4 Å². The molecule has 4 heteroatoms. The van der Waals surface area contributed by atoms with E-state index in [0.29, 0.717) is 17.3 Å². The average molecular weight is 298 g/mol. The van der Waals surface area contributed by atoms with Gasteiger partial charge in [-0.2, -0.15) is 0 Å². The Morgan fingerprint density at radius 2 is 2.10 bits per heavy atom. The molecule has 0 saturated heterocycles. The van der Waals surface area contributed by atoms with Crippen LogP contribution in [0.15, 0.2) is 53.4 Å². The second-order valence-corrected chi connectivity index (χ2v) is 5.48. The smallest absolute Gasteiger partial charge is 0.189 e. The van der Waals surface area contributed by atoms with Gasteiger partial charge in [-0.1, -0.05) is 48.2 Å². The summed E-state index contributed by atoms with van der Waals surface area (Å²) in [6.45, 7) is 0. The van der Waals surface area contributed by atoms with E-state index in [2.05, 4.69) is 0 Å². The fourth-order valence-electron chi connectivity index (χ4n) is 2.11. The Kier molecular flexibility index (Phi) is 3.97. The highest BCUT2D eigenvalue weighted by molar-refractivity contribution is 7.99. The number of methoxy groups -OCH3 is 1. The number of carbonyl (C=O) groups is 1. The predicted molar refractivity (Wildman–Crippen MR) is 84.2 cm³/mol. The normalized spacial score (nSPS) is 13.0. The van der Waals surface area contributed by atoms with Gasteiger partial charge in [-0.3, -0.25) is 4.79 Å². The van der Waals surface area contributed by atoms with E-state index in [-0.39, 0.29) is 5.78 Å². The standard InChI is InChI=1S/C17H14O3S/c1-19-15-10-16-17(21-11-20-16)9-13(15)14(18)8-7-12-5-3-2-4-6-12/h2-10H,11H2,1H3. The predicted octanol–water partition coefficient (Wildman–Crippen LogP) is 4.03. The second kappa shape index (κ2) is 6.06. The summed E-state index contributed by atoms with van der Waals surface area (Å²) in [7, 11) is 1.56. The monoisotopic (exact) mass is 298 g/mol. The van der Waals surface area contributed by atoms with Gasteiger partial charge in [0.05, 0.1) is 17.6 Å². The fourth-order valence-corrected chi connectivity index (χ4v) is 2.88. The number of carbonyl (C=O) groups excluding carboxylic acids is 1. The number of rotatable bonds is 4. The van der Waals surface area contributed by atoms with Crippen LogP contribution in [0.3, 0.4) is 0 Å². The summed E-state index contributed by atoms with van der Waals surface area (Å²) in [5.74, 6) is 1.82. The van der Waals surface area contributed by atoms with Gasteiger partial charge in [0.15, 0.2) is 5.78 Å². The number of benzene rings is 2. The molecular formula is C17H14O3S. The molecule has 1 aliphatic heterocycles. The number of hydrogen-bond donors (Lipinski definition) is 0. The van der Waals surface area contributed by atoms with Crippen molar-refractivity contribution in [1.82, 2.24) is 0 Å². The zero-order valence-electron chi connectivity index (χ0n) is 11.5. The van der Waals surface area contributed by atoms with Crippen LogP contribution in [0.25, 0.3) is 6.08 Å². The van der Waals surface area contributed by atoms with Gasteiger partial charge >= 0.3 is 0 Å². The van der Waals surface area contributed by atoms with Crippen LogP contribution < -0.4 is 9.47 Å². The Hall–Kier alpha value is -2.20. The molecule has 0 atom stereocenters. The first-order valence-corrected chi connectivity index (χ1v) is 7.51. The summed E-state index contributed by atoms with van der Waals surface area (Å²) < 4.78 is 10.8. The quantitative estimate of drug-likeness (QED) is 0.630. The molecule has 3 rings (SSSR count). The molecular weight excluding hydrogens is 284 g/mol. The molecule has 0 aliphatic carbocycles. The summed E-state index contributed by atoms with van der Waals surface area (Å²) in [4.78, 5) is 13.4. The van der Waals surface area contributed by atoms with E-state index >= 15 is 0 Å². The number of allylic oxidation sites excluding steroid dienone is 1. The number of ether oxygens (including phenoxy) is 2. The lowest BCUT2D eigenvalue weighted by atomic mass is 10.1. The Bertz CT molecular complexity index is 693. The summed E-state index contributed by atoms with van der Waals surface area (Å²) >= 11 is 1.58. The molecule has 2 aromatic carbocycles. The Morgan fingerprint density at radius 1 is 1.29 bits per heavy atom. The molecule has 0 unspecified atom stereocenters. The lowest BCUT2D eigenvalue weighted by molar-refractivity contribution is 0.104. The number of thioether (sulfide) groups is 1. The lowest BCUT2D eigenvalue weighted by Crippen LogP contribution is -1.99. The van der Waals surface area contributed by atoms with Crippen LogP contribution in [0.5, 0.6) is 11.5 Å². The molecule has 1 aliphatic rings. The molecule has 3 nitrogen and oxygen atoms in total. The Labute approximate surface area is 127 Å². The molecule has 21 heavy (non-hydrogen) atoms. The van der Waals surface area contributed by atoms with Crippen LogP contribution in [0.4, 0.5) is 0 Å². The van der Waals surface area contributed by atoms with Gasteiger partial charge in [-0.05, 0) is 17.7 Å². The lowest BCUT2D eigenvalue weighted by Gasteiger charge is -2.08.